The Morgan fingerprint density at radius 2 is 2.25 bits per heavy atom. The number of hydrogen-bond acceptors (Lipinski definition) is 6. The highest BCUT2D eigenvalue weighted by atomic mass is 16.5. The molecule has 1 aliphatic rings. The standard InChI is InChI=1S/C17H20N6O/c1-12-4-2-3-5-14(12)17-21-16(22-24-17)11-23-7-6-18-10-15(23)13-8-19-20-9-13/h2-5,8-9,15,18H,6-7,10-11H2,1H3,(H,19,20). The summed E-state index contributed by atoms with van der Waals surface area (Å²) in [4.78, 5) is 6.94. The molecule has 3 heterocycles. The summed E-state index contributed by atoms with van der Waals surface area (Å²) in [5.74, 6) is 1.29. The van der Waals surface area contributed by atoms with Crippen molar-refractivity contribution in [3.63, 3.8) is 0 Å². The minimum atomic E-state index is 0.262. The van der Waals surface area contributed by atoms with Gasteiger partial charge in [0.1, 0.15) is 0 Å². The van der Waals surface area contributed by atoms with Gasteiger partial charge in [-0.25, -0.2) is 0 Å². The molecule has 124 valence electrons. The number of benzene rings is 1. The summed E-state index contributed by atoms with van der Waals surface area (Å²) in [6.07, 6.45) is 3.82. The lowest BCUT2D eigenvalue weighted by atomic mass is 10.1. The third-order valence-electron chi connectivity index (χ3n) is 4.45. The molecule has 1 atom stereocenters. The first-order chi connectivity index (χ1) is 11.8. The van der Waals surface area contributed by atoms with E-state index in [4.69, 9.17) is 4.52 Å². The molecule has 1 saturated heterocycles. The van der Waals surface area contributed by atoms with Gasteiger partial charge in [-0.15, -0.1) is 0 Å². The van der Waals surface area contributed by atoms with Crippen molar-refractivity contribution >= 4 is 0 Å². The number of nitrogens with one attached hydrogen (secondary N) is 2. The molecule has 1 unspecified atom stereocenters. The molecule has 7 nitrogen and oxygen atoms in total. The number of aryl methyl sites for hydroxylation is 1. The van der Waals surface area contributed by atoms with Crippen LogP contribution in [0, 0.1) is 6.92 Å². The first kappa shape index (κ1) is 15.0. The fourth-order valence-corrected chi connectivity index (χ4v) is 3.13. The summed E-state index contributed by atoms with van der Waals surface area (Å²) in [5.41, 5.74) is 3.29. The number of nitrogens with zero attached hydrogens (tertiary/aromatic N) is 4. The Balaban J connectivity index is 1.54. The number of piperazine rings is 1. The first-order valence-electron chi connectivity index (χ1n) is 8.13. The van der Waals surface area contributed by atoms with Gasteiger partial charge in [0.05, 0.1) is 18.8 Å². The van der Waals surface area contributed by atoms with E-state index in [1.807, 2.05) is 43.6 Å². The zero-order valence-electron chi connectivity index (χ0n) is 13.6. The normalized spacial score (nSPS) is 18.8. The van der Waals surface area contributed by atoms with Crippen LogP contribution in [0.4, 0.5) is 0 Å². The van der Waals surface area contributed by atoms with Crippen molar-refractivity contribution in [2.24, 2.45) is 0 Å². The molecule has 0 aliphatic carbocycles. The monoisotopic (exact) mass is 324 g/mol. The van der Waals surface area contributed by atoms with Crippen LogP contribution in [0.1, 0.15) is 23.0 Å². The van der Waals surface area contributed by atoms with Crippen LogP contribution in [0.5, 0.6) is 0 Å². The molecule has 0 radical (unpaired) electrons. The van der Waals surface area contributed by atoms with E-state index in [-0.39, 0.29) is 6.04 Å². The lowest BCUT2D eigenvalue weighted by molar-refractivity contribution is 0.148. The molecule has 4 rings (SSSR count). The number of H-pyrrole nitrogens is 1. The van der Waals surface area contributed by atoms with Crippen LogP contribution in [0.3, 0.4) is 0 Å². The molecule has 2 aromatic heterocycles. The maximum absolute atomic E-state index is 5.48. The molecule has 0 saturated carbocycles. The summed E-state index contributed by atoms with van der Waals surface area (Å²) in [5, 5.41) is 14.6. The van der Waals surface area contributed by atoms with Crippen molar-refractivity contribution < 1.29 is 4.52 Å². The van der Waals surface area contributed by atoms with E-state index in [0.717, 1.165) is 30.8 Å². The van der Waals surface area contributed by atoms with Gasteiger partial charge in [-0.1, -0.05) is 23.4 Å². The highest BCUT2D eigenvalue weighted by molar-refractivity contribution is 5.57. The van der Waals surface area contributed by atoms with Crippen LogP contribution in [0.15, 0.2) is 41.2 Å². The summed E-state index contributed by atoms with van der Waals surface area (Å²) in [7, 11) is 0. The van der Waals surface area contributed by atoms with Gasteiger partial charge in [0.2, 0.25) is 0 Å². The second-order valence-corrected chi connectivity index (χ2v) is 6.05. The van der Waals surface area contributed by atoms with Crippen molar-refractivity contribution in [2.45, 2.75) is 19.5 Å². The summed E-state index contributed by atoms with van der Waals surface area (Å²) >= 11 is 0. The molecule has 1 aromatic carbocycles. The van der Waals surface area contributed by atoms with E-state index in [1.165, 1.54) is 5.56 Å². The highest BCUT2D eigenvalue weighted by Gasteiger charge is 2.26. The highest BCUT2D eigenvalue weighted by Crippen LogP contribution is 2.25. The first-order valence-corrected chi connectivity index (χ1v) is 8.13. The van der Waals surface area contributed by atoms with E-state index < -0.39 is 0 Å². The van der Waals surface area contributed by atoms with E-state index in [1.54, 1.807) is 0 Å². The van der Waals surface area contributed by atoms with Gasteiger partial charge in [0, 0.05) is 37.0 Å². The van der Waals surface area contributed by atoms with E-state index >= 15 is 0 Å². The van der Waals surface area contributed by atoms with Crippen LogP contribution in [0.2, 0.25) is 0 Å². The molecule has 2 N–H and O–H groups in total. The summed E-state index contributed by atoms with van der Waals surface area (Å²) < 4.78 is 5.48. The van der Waals surface area contributed by atoms with Crippen LogP contribution < -0.4 is 5.32 Å². The Kier molecular flexibility index (Phi) is 4.10. The zero-order valence-corrected chi connectivity index (χ0v) is 13.6. The van der Waals surface area contributed by atoms with Crippen LogP contribution in [-0.4, -0.2) is 44.9 Å². The maximum atomic E-state index is 5.48. The minimum absolute atomic E-state index is 0.262. The van der Waals surface area contributed by atoms with Crippen LogP contribution in [0.25, 0.3) is 11.5 Å². The fraction of sp³-hybridized carbons (Fsp3) is 0.353. The predicted molar refractivity (Wildman–Crippen MR) is 89.1 cm³/mol. The van der Waals surface area contributed by atoms with Gasteiger partial charge in [-0.2, -0.15) is 10.1 Å². The van der Waals surface area contributed by atoms with E-state index in [0.29, 0.717) is 18.3 Å². The fourth-order valence-electron chi connectivity index (χ4n) is 3.13. The van der Waals surface area contributed by atoms with E-state index in [2.05, 4.69) is 30.6 Å². The molecular weight excluding hydrogens is 304 g/mol. The predicted octanol–water partition coefficient (Wildman–Crippen LogP) is 1.91. The van der Waals surface area contributed by atoms with Gasteiger partial charge in [-0.05, 0) is 18.6 Å². The molecule has 1 aliphatic heterocycles. The van der Waals surface area contributed by atoms with Crippen molar-refractivity contribution in [3.8, 4) is 11.5 Å². The smallest absolute Gasteiger partial charge is 0.258 e. The Morgan fingerprint density at radius 1 is 1.33 bits per heavy atom. The van der Waals surface area contributed by atoms with Crippen LogP contribution >= 0.6 is 0 Å². The van der Waals surface area contributed by atoms with Crippen molar-refractivity contribution in [3.05, 3.63) is 53.6 Å². The number of rotatable bonds is 4. The Hall–Kier alpha value is -2.51. The van der Waals surface area contributed by atoms with Crippen molar-refractivity contribution in [1.82, 2.24) is 30.6 Å². The van der Waals surface area contributed by atoms with Gasteiger partial charge >= 0.3 is 0 Å². The second-order valence-electron chi connectivity index (χ2n) is 6.05. The third kappa shape index (κ3) is 2.95. The van der Waals surface area contributed by atoms with Gasteiger partial charge < -0.3 is 9.84 Å². The number of aromatic nitrogens is 4. The maximum Gasteiger partial charge on any atom is 0.258 e. The summed E-state index contributed by atoms with van der Waals surface area (Å²) in [6, 6.07) is 8.30. The van der Waals surface area contributed by atoms with Crippen molar-refractivity contribution in [1.29, 1.82) is 0 Å². The van der Waals surface area contributed by atoms with Gasteiger partial charge in [0.25, 0.3) is 5.89 Å². The SMILES string of the molecule is Cc1ccccc1-c1nc(CN2CCNCC2c2cn[nH]c2)no1. The molecule has 3 aromatic rings. The zero-order chi connectivity index (χ0) is 16.4. The lowest BCUT2D eigenvalue weighted by Crippen LogP contribution is -2.45. The van der Waals surface area contributed by atoms with Gasteiger partial charge in [-0.3, -0.25) is 10.00 Å². The Labute approximate surface area is 140 Å². The number of aromatic amines is 1. The number of hydrogen-bond donors (Lipinski definition) is 2. The summed E-state index contributed by atoms with van der Waals surface area (Å²) in [6.45, 7) is 5.49. The van der Waals surface area contributed by atoms with Crippen LogP contribution in [-0.2, 0) is 6.54 Å². The van der Waals surface area contributed by atoms with Crippen molar-refractivity contribution in [2.75, 3.05) is 19.6 Å². The lowest BCUT2D eigenvalue weighted by Gasteiger charge is -2.34. The largest absolute Gasteiger partial charge is 0.334 e. The van der Waals surface area contributed by atoms with Gasteiger partial charge in [0.15, 0.2) is 5.82 Å². The average molecular weight is 324 g/mol. The molecule has 0 bridgehead atoms. The molecule has 0 amide bonds. The Bertz CT molecular complexity index is 797. The molecule has 7 heteroatoms. The molecule has 1 fully saturated rings. The average Bonchev–Trinajstić information content (AvgIpc) is 3.28. The van der Waals surface area contributed by atoms with E-state index in [9.17, 15) is 0 Å². The topological polar surface area (TPSA) is 82.9 Å². The molecule has 0 spiro atoms. The minimum Gasteiger partial charge on any atom is -0.334 e. The molecule has 24 heavy (non-hydrogen) atoms. The Morgan fingerprint density at radius 3 is 3.08 bits per heavy atom. The molecular formula is C17H20N6O. The quantitative estimate of drug-likeness (QED) is 0.763. The second kappa shape index (κ2) is 6.54. The third-order valence-corrected chi connectivity index (χ3v) is 4.45.